The molecule has 0 spiro atoms. The van der Waals surface area contributed by atoms with Crippen molar-refractivity contribution in [1.29, 1.82) is 0 Å². The van der Waals surface area contributed by atoms with E-state index in [-0.39, 0.29) is 11.9 Å². The molecule has 0 aliphatic carbocycles. The SMILES string of the molecule is CC(N)CC(=O)N1CCC(c2ncc[nH]2)CC1. The van der Waals surface area contributed by atoms with Crippen molar-refractivity contribution in [2.45, 2.75) is 38.1 Å². The molecule has 1 fully saturated rings. The van der Waals surface area contributed by atoms with E-state index in [1.165, 1.54) is 0 Å². The number of amides is 1. The number of hydrogen-bond acceptors (Lipinski definition) is 3. The van der Waals surface area contributed by atoms with Crippen molar-refractivity contribution in [2.75, 3.05) is 13.1 Å². The zero-order valence-electron chi connectivity index (χ0n) is 10.2. The van der Waals surface area contributed by atoms with E-state index in [9.17, 15) is 4.79 Å². The third-order valence-corrected chi connectivity index (χ3v) is 3.25. The van der Waals surface area contributed by atoms with Gasteiger partial charge in [-0.25, -0.2) is 4.98 Å². The lowest BCUT2D eigenvalue weighted by molar-refractivity contribution is -0.132. The molecule has 1 atom stereocenters. The number of H-pyrrole nitrogens is 1. The number of nitrogens with zero attached hydrogens (tertiary/aromatic N) is 2. The number of piperidine rings is 1. The van der Waals surface area contributed by atoms with Gasteiger partial charge in [-0.2, -0.15) is 0 Å². The van der Waals surface area contributed by atoms with Gasteiger partial charge in [-0.1, -0.05) is 0 Å². The van der Waals surface area contributed by atoms with Crippen LogP contribution in [0.25, 0.3) is 0 Å². The number of nitrogens with two attached hydrogens (primary N) is 1. The maximum atomic E-state index is 11.8. The second-order valence-corrected chi connectivity index (χ2v) is 4.81. The van der Waals surface area contributed by atoms with Crippen molar-refractivity contribution >= 4 is 5.91 Å². The van der Waals surface area contributed by atoms with E-state index in [1.54, 1.807) is 6.20 Å². The van der Waals surface area contributed by atoms with Gasteiger partial charge in [-0.15, -0.1) is 0 Å². The minimum Gasteiger partial charge on any atom is -0.348 e. The van der Waals surface area contributed by atoms with Gasteiger partial charge in [-0.3, -0.25) is 4.79 Å². The van der Waals surface area contributed by atoms with Gasteiger partial charge in [0.05, 0.1) is 0 Å². The van der Waals surface area contributed by atoms with Crippen LogP contribution in [-0.2, 0) is 4.79 Å². The lowest BCUT2D eigenvalue weighted by Crippen LogP contribution is -2.40. The number of nitrogens with one attached hydrogen (secondary N) is 1. The molecule has 0 saturated carbocycles. The van der Waals surface area contributed by atoms with E-state index in [0.717, 1.165) is 31.8 Å². The van der Waals surface area contributed by atoms with Crippen LogP contribution in [0, 0.1) is 0 Å². The number of likely N-dealkylation sites (tertiary alicyclic amines) is 1. The monoisotopic (exact) mass is 236 g/mol. The Morgan fingerprint density at radius 3 is 2.88 bits per heavy atom. The normalized spacial score (nSPS) is 19.3. The van der Waals surface area contributed by atoms with E-state index >= 15 is 0 Å². The molecule has 5 heteroatoms. The van der Waals surface area contributed by atoms with Crippen molar-refractivity contribution in [3.8, 4) is 0 Å². The zero-order valence-corrected chi connectivity index (χ0v) is 10.2. The van der Waals surface area contributed by atoms with Gasteiger partial charge in [0.15, 0.2) is 0 Å². The molecule has 3 N–H and O–H groups in total. The number of carbonyl (C=O) groups excluding carboxylic acids is 1. The summed E-state index contributed by atoms with van der Waals surface area (Å²) in [5.41, 5.74) is 5.64. The molecule has 1 aliphatic rings. The first-order valence-electron chi connectivity index (χ1n) is 6.19. The van der Waals surface area contributed by atoms with E-state index in [1.807, 2.05) is 18.0 Å². The molecule has 1 saturated heterocycles. The first-order valence-corrected chi connectivity index (χ1v) is 6.19. The van der Waals surface area contributed by atoms with Gasteiger partial charge in [0.2, 0.25) is 5.91 Å². The van der Waals surface area contributed by atoms with Crippen molar-refractivity contribution in [2.24, 2.45) is 5.73 Å². The molecule has 1 aromatic rings. The maximum absolute atomic E-state index is 11.8. The lowest BCUT2D eigenvalue weighted by Gasteiger charge is -2.31. The predicted octanol–water partition coefficient (Wildman–Crippen LogP) is 0.853. The highest BCUT2D eigenvalue weighted by Gasteiger charge is 2.25. The Hall–Kier alpha value is -1.36. The van der Waals surface area contributed by atoms with Crippen LogP contribution in [0.2, 0.25) is 0 Å². The first-order chi connectivity index (χ1) is 8.16. The zero-order chi connectivity index (χ0) is 12.3. The van der Waals surface area contributed by atoms with Gasteiger partial charge >= 0.3 is 0 Å². The van der Waals surface area contributed by atoms with Crippen molar-refractivity contribution < 1.29 is 4.79 Å². The Morgan fingerprint density at radius 1 is 1.65 bits per heavy atom. The summed E-state index contributed by atoms with van der Waals surface area (Å²) in [6, 6.07) is -0.0507. The molecule has 1 aliphatic heterocycles. The molecule has 2 rings (SSSR count). The molecule has 0 bridgehead atoms. The molecular weight excluding hydrogens is 216 g/mol. The summed E-state index contributed by atoms with van der Waals surface area (Å²) in [4.78, 5) is 21.2. The number of aromatic amines is 1. The Kier molecular flexibility index (Phi) is 3.78. The van der Waals surface area contributed by atoms with Gasteiger partial charge in [0.25, 0.3) is 0 Å². The topological polar surface area (TPSA) is 75.0 Å². The minimum atomic E-state index is -0.0507. The highest BCUT2D eigenvalue weighted by Crippen LogP contribution is 2.25. The van der Waals surface area contributed by atoms with E-state index in [2.05, 4.69) is 9.97 Å². The minimum absolute atomic E-state index is 0.0507. The summed E-state index contributed by atoms with van der Waals surface area (Å²) in [7, 11) is 0. The van der Waals surface area contributed by atoms with Crippen LogP contribution in [0.5, 0.6) is 0 Å². The van der Waals surface area contributed by atoms with Crippen LogP contribution in [-0.4, -0.2) is 39.9 Å². The first kappa shape index (κ1) is 12.1. The predicted molar refractivity (Wildman–Crippen MR) is 65.4 cm³/mol. The highest BCUT2D eigenvalue weighted by molar-refractivity contribution is 5.76. The summed E-state index contributed by atoms with van der Waals surface area (Å²) in [5, 5.41) is 0. The molecule has 0 radical (unpaired) electrons. The fourth-order valence-electron chi connectivity index (χ4n) is 2.31. The number of rotatable bonds is 3. The van der Waals surface area contributed by atoms with Crippen LogP contribution in [0.3, 0.4) is 0 Å². The summed E-state index contributed by atoms with van der Waals surface area (Å²) in [6.07, 6.45) is 6.05. The average molecular weight is 236 g/mol. The Morgan fingerprint density at radius 2 is 2.35 bits per heavy atom. The number of imidazole rings is 1. The second kappa shape index (κ2) is 5.31. The van der Waals surface area contributed by atoms with E-state index < -0.39 is 0 Å². The lowest BCUT2D eigenvalue weighted by atomic mass is 9.96. The Balaban J connectivity index is 1.84. The summed E-state index contributed by atoms with van der Waals surface area (Å²) >= 11 is 0. The summed E-state index contributed by atoms with van der Waals surface area (Å²) in [6.45, 7) is 3.50. The van der Waals surface area contributed by atoms with Crippen LogP contribution < -0.4 is 5.73 Å². The second-order valence-electron chi connectivity index (χ2n) is 4.81. The molecule has 1 unspecified atom stereocenters. The number of aromatic nitrogens is 2. The third kappa shape index (κ3) is 3.06. The fourth-order valence-corrected chi connectivity index (χ4v) is 2.31. The third-order valence-electron chi connectivity index (χ3n) is 3.25. The van der Waals surface area contributed by atoms with E-state index in [4.69, 9.17) is 5.73 Å². The van der Waals surface area contributed by atoms with Crippen molar-refractivity contribution in [3.05, 3.63) is 18.2 Å². The van der Waals surface area contributed by atoms with Gasteiger partial charge in [-0.05, 0) is 19.8 Å². The summed E-state index contributed by atoms with van der Waals surface area (Å²) < 4.78 is 0. The molecule has 17 heavy (non-hydrogen) atoms. The van der Waals surface area contributed by atoms with Crippen LogP contribution in [0.15, 0.2) is 12.4 Å². The van der Waals surface area contributed by atoms with Crippen molar-refractivity contribution in [3.63, 3.8) is 0 Å². The molecule has 1 amide bonds. The standard InChI is InChI=1S/C12H20N4O/c1-9(13)8-11(17)16-6-2-10(3-7-16)12-14-4-5-15-12/h4-5,9-10H,2-3,6-8,13H2,1H3,(H,14,15). The van der Waals surface area contributed by atoms with Gasteiger partial charge in [0.1, 0.15) is 5.82 Å². The van der Waals surface area contributed by atoms with Crippen LogP contribution in [0.4, 0.5) is 0 Å². The molecule has 0 aromatic carbocycles. The molecular formula is C12H20N4O. The van der Waals surface area contributed by atoms with Crippen LogP contribution in [0.1, 0.15) is 37.9 Å². The fraction of sp³-hybridized carbons (Fsp3) is 0.667. The largest absolute Gasteiger partial charge is 0.348 e. The van der Waals surface area contributed by atoms with Gasteiger partial charge < -0.3 is 15.6 Å². The molecule has 1 aromatic heterocycles. The maximum Gasteiger partial charge on any atom is 0.224 e. The smallest absolute Gasteiger partial charge is 0.224 e. The highest BCUT2D eigenvalue weighted by atomic mass is 16.2. The summed E-state index contributed by atoms with van der Waals surface area (Å²) in [5.74, 6) is 1.69. The quantitative estimate of drug-likeness (QED) is 0.817. The van der Waals surface area contributed by atoms with Crippen LogP contribution >= 0.6 is 0 Å². The van der Waals surface area contributed by atoms with Crippen molar-refractivity contribution in [1.82, 2.24) is 14.9 Å². The molecule has 94 valence electrons. The van der Waals surface area contributed by atoms with E-state index in [0.29, 0.717) is 12.3 Å². The molecule has 5 nitrogen and oxygen atoms in total. The average Bonchev–Trinajstić information content (AvgIpc) is 2.82. The Bertz CT molecular complexity index is 353. The molecule has 2 heterocycles. The Labute approximate surface area is 101 Å². The van der Waals surface area contributed by atoms with Gasteiger partial charge in [0, 0.05) is 43.9 Å². The number of carbonyl (C=O) groups is 1. The number of hydrogen-bond donors (Lipinski definition) is 2.